The Labute approximate surface area is 149 Å². The van der Waals surface area contributed by atoms with Crippen molar-refractivity contribution in [1.82, 2.24) is 0 Å². The van der Waals surface area contributed by atoms with Crippen LogP contribution in [0.3, 0.4) is 0 Å². The number of unbranched alkanes of at least 4 members (excludes halogenated alkanes) is 4. The molecule has 0 aliphatic carbocycles. The van der Waals surface area contributed by atoms with Gasteiger partial charge in [-0.15, -0.1) is 0 Å². The van der Waals surface area contributed by atoms with E-state index >= 15 is 0 Å². The van der Waals surface area contributed by atoms with Gasteiger partial charge in [0.25, 0.3) is 10.1 Å². The molecule has 0 spiro atoms. The molecule has 0 radical (unpaired) electrons. The van der Waals surface area contributed by atoms with Crippen LogP contribution < -0.4 is 4.74 Å². The quantitative estimate of drug-likeness (QED) is 0.486. The van der Waals surface area contributed by atoms with E-state index in [1.807, 2.05) is 24.3 Å². The highest BCUT2D eigenvalue weighted by Crippen LogP contribution is 2.32. The lowest BCUT2D eigenvalue weighted by Crippen LogP contribution is -1.97. The van der Waals surface area contributed by atoms with Gasteiger partial charge in [0.2, 0.25) is 0 Å². The summed E-state index contributed by atoms with van der Waals surface area (Å²) in [5.74, 6) is 0.319. The molecule has 0 fully saturated rings. The third-order valence-electron chi connectivity index (χ3n) is 3.95. The molecule has 2 rings (SSSR count). The van der Waals surface area contributed by atoms with E-state index in [1.165, 1.54) is 43.4 Å². The zero-order valence-electron chi connectivity index (χ0n) is 14.3. The molecule has 0 saturated heterocycles. The highest BCUT2D eigenvalue weighted by Gasteiger charge is 2.13. The standard InChI is InChI=1S/C19H24O5S/c1-2-3-4-5-6-7-15-8-10-16(11-9-15)24-19-13-12-17(14-18(19)20)25(21,22)23/h8-14,20H,2-7H2,1H3,(H,21,22,23). The van der Waals surface area contributed by atoms with Crippen molar-refractivity contribution in [3.05, 3.63) is 48.0 Å². The van der Waals surface area contributed by atoms with Gasteiger partial charge in [-0.2, -0.15) is 8.42 Å². The number of hydrogen-bond acceptors (Lipinski definition) is 4. The Morgan fingerprint density at radius 1 is 0.960 bits per heavy atom. The molecule has 0 saturated carbocycles. The molecule has 2 aromatic rings. The first-order chi connectivity index (χ1) is 11.9. The number of benzene rings is 2. The topological polar surface area (TPSA) is 83.8 Å². The molecule has 0 amide bonds. The SMILES string of the molecule is CCCCCCCc1ccc(Oc2ccc(S(=O)(=O)O)cc2O)cc1. The first-order valence-corrected chi connectivity index (χ1v) is 9.91. The van der Waals surface area contributed by atoms with E-state index in [-0.39, 0.29) is 16.4 Å². The molecule has 2 N–H and O–H groups in total. The van der Waals surface area contributed by atoms with E-state index < -0.39 is 10.1 Å². The van der Waals surface area contributed by atoms with Crippen LogP contribution >= 0.6 is 0 Å². The molecule has 5 nitrogen and oxygen atoms in total. The van der Waals surface area contributed by atoms with Gasteiger partial charge in [0, 0.05) is 6.07 Å². The van der Waals surface area contributed by atoms with E-state index in [2.05, 4.69) is 6.92 Å². The minimum Gasteiger partial charge on any atom is -0.504 e. The van der Waals surface area contributed by atoms with E-state index in [4.69, 9.17) is 9.29 Å². The van der Waals surface area contributed by atoms with Gasteiger partial charge in [-0.25, -0.2) is 0 Å². The summed E-state index contributed by atoms with van der Waals surface area (Å²) >= 11 is 0. The second-order valence-corrected chi connectivity index (χ2v) is 7.44. The molecule has 0 aromatic heterocycles. The van der Waals surface area contributed by atoms with E-state index in [0.717, 1.165) is 18.9 Å². The predicted octanol–water partition coefficient (Wildman–Crippen LogP) is 4.94. The van der Waals surface area contributed by atoms with Gasteiger partial charge >= 0.3 is 0 Å². The van der Waals surface area contributed by atoms with Crippen molar-refractivity contribution >= 4 is 10.1 Å². The van der Waals surface area contributed by atoms with Gasteiger partial charge in [-0.1, -0.05) is 44.7 Å². The number of phenolic OH excluding ortho intramolecular Hbond substituents is 1. The number of aromatic hydroxyl groups is 1. The second kappa shape index (κ2) is 8.87. The fourth-order valence-electron chi connectivity index (χ4n) is 2.53. The van der Waals surface area contributed by atoms with Crippen molar-refractivity contribution < 1.29 is 22.8 Å². The molecule has 136 valence electrons. The molecule has 2 aromatic carbocycles. The Morgan fingerprint density at radius 2 is 1.64 bits per heavy atom. The zero-order chi connectivity index (χ0) is 18.3. The lowest BCUT2D eigenvalue weighted by atomic mass is 10.1. The van der Waals surface area contributed by atoms with Crippen molar-refractivity contribution in [3.63, 3.8) is 0 Å². The summed E-state index contributed by atoms with van der Waals surface area (Å²) in [6.45, 7) is 2.20. The summed E-state index contributed by atoms with van der Waals surface area (Å²) in [7, 11) is -4.35. The van der Waals surface area contributed by atoms with Gasteiger partial charge in [0.05, 0.1) is 4.90 Å². The van der Waals surface area contributed by atoms with Crippen LogP contribution in [-0.2, 0) is 16.5 Å². The van der Waals surface area contributed by atoms with Gasteiger partial charge in [-0.05, 0) is 42.7 Å². The summed E-state index contributed by atoms with van der Waals surface area (Å²) in [5, 5.41) is 9.86. The number of hydrogen-bond donors (Lipinski definition) is 2. The maximum Gasteiger partial charge on any atom is 0.294 e. The second-order valence-electron chi connectivity index (χ2n) is 6.01. The summed E-state index contributed by atoms with van der Waals surface area (Å²) in [6.07, 6.45) is 7.23. The van der Waals surface area contributed by atoms with Gasteiger partial charge in [-0.3, -0.25) is 4.55 Å². The van der Waals surface area contributed by atoms with E-state index in [1.54, 1.807) is 0 Å². The molecule has 0 aliphatic rings. The largest absolute Gasteiger partial charge is 0.504 e. The van der Waals surface area contributed by atoms with Crippen molar-refractivity contribution in [2.75, 3.05) is 0 Å². The molecular formula is C19H24O5S. The van der Waals surface area contributed by atoms with E-state index in [0.29, 0.717) is 5.75 Å². The minimum absolute atomic E-state index is 0.125. The molecule has 0 aliphatic heterocycles. The number of ether oxygens (including phenoxy) is 1. The summed E-state index contributed by atoms with van der Waals surface area (Å²) in [4.78, 5) is -0.379. The van der Waals surface area contributed by atoms with Gasteiger partial charge in [0.1, 0.15) is 5.75 Å². The molecule has 25 heavy (non-hydrogen) atoms. The fraction of sp³-hybridized carbons (Fsp3) is 0.368. The monoisotopic (exact) mass is 364 g/mol. The van der Waals surface area contributed by atoms with Crippen molar-refractivity contribution in [3.8, 4) is 17.2 Å². The van der Waals surface area contributed by atoms with Crippen LogP contribution in [0, 0.1) is 0 Å². The third kappa shape index (κ3) is 6.07. The molecule has 0 bridgehead atoms. The van der Waals surface area contributed by atoms with Crippen molar-refractivity contribution in [1.29, 1.82) is 0 Å². The maximum absolute atomic E-state index is 11.0. The summed E-state index contributed by atoms with van der Waals surface area (Å²) in [5.41, 5.74) is 1.23. The van der Waals surface area contributed by atoms with Crippen molar-refractivity contribution in [2.45, 2.75) is 50.3 Å². The van der Waals surface area contributed by atoms with Gasteiger partial charge < -0.3 is 9.84 Å². The Hall–Kier alpha value is -2.05. The van der Waals surface area contributed by atoms with Crippen molar-refractivity contribution in [2.24, 2.45) is 0 Å². The maximum atomic E-state index is 11.0. The molecule has 0 atom stereocenters. The highest BCUT2D eigenvalue weighted by atomic mass is 32.2. The Bertz CT molecular complexity index is 782. The van der Waals surface area contributed by atoms with Crippen LogP contribution in [0.5, 0.6) is 17.2 Å². The van der Waals surface area contributed by atoms with Crippen LogP contribution in [0.2, 0.25) is 0 Å². The smallest absolute Gasteiger partial charge is 0.294 e. The fourth-order valence-corrected chi connectivity index (χ4v) is 3.03. The molecule has 0 heterocycles. The van der Waals surface area contributed by atoms with Crippen LogP contribution in [0.15, 0.2) is 47.4 Å². The average Bonchev–Trinajstić information content (AvgIpc) is 2.57. The molecule has 6 heteroatoms. The van der Waals surface area contributed by atoms with Crippen LogP contribution in [0.1, 0.15) is 44.6 Å². The average molecular weight is 364 g/mol. The summed E-state index contributed by atoms with van der Waals surface area (Å²) in [6, 6.07) is 11.0. The Morgan fingerprint density at radius 3 is 2.24 bits per heavy atom. The lowest BCUT2D eigenvalue weighted by molar-refractivity contribution is 0.408. The normalized spacial score (nSPS) is 11.4. The zero-order valence-corrected chi connectivity index (χ0v) is 15.1. The van der Waals surface area contributed by atoms with E-state index in [9.17, 15) is 13.5 Å². The van der Waals surface area contributed by atoms with Gasteiger partial charge in [0.15, 0.2) is 11.5 Å². The first-order valence-electron chi connectivity index (χ1n) is 8.47. The first kappa shape index (κ1) is 19.3. The van der Waals surface area contributed by atoms with Crippen LogP contribution in [-0.4, -0.2) is 18.1 Å². The predicted molar refractivity (Wildman–Crippen MR) is 96.9 cm³/mol. The number of phenols is 1. The molecular weight excluding hydrogens is 340 g/mol. The Balaban J connectivity index is 1.95. The van der Waals surface area contributed by atoms with Crippen LogP contribution in [0.25, 0.3) is 0 Å². The third-order valence-corrected chi connectivity index (χ3v) is 4.80. The number of rotatable bonds is 9. The lowest BCUT2D eigenvalue weighted by Gasteiger charge is -2.09. The van der Waals surface area contributed by atoms with Crippen LogP contribution in [0.4, 0.5) is 0 Å². The Kier molecular flexibility index (Phi) is 6.84. The molecule has 0 unspecified atom stereocenters. The highest BCUT2D eigenvalue weighted by molar-refractivity contribution is 7.85. The minimum atomic E-state index is -4.35. The summed E-state index contributed by atoms with van der Waals surface area (Å²) < 4.78 is 36.6. The number of aryl methyl sites for hydroxylation is 1.